The van der Waals surface area contributed by atoms with Gasteiger partial charge >= 0.3 is 0 Å². The quantitative estimate of drug-likeness (QED) is 0.555. The molecule has 0 aliphatic carbocycles. The van der Waals surface area contributed by atoms with Crippen LogP contribution in [-0.2, 0) is 17.6 Å². The third-order valence-electron chi connectivity index (χ3n) is 4.30. The highest BCUT2D eigenvalue weighted by Crippen LogP contribution is 2.24. The summed E-state index contributed by atoms with van der Waals surface area (Å²) in [5.74, 6) is 1.31. The Hall–Kier alpha value is -2.88. The van der Waals surface area contributed by atoms with Crippen LogP contribution < -0.4 is 0 Å². The number of aromatic nitrogens is 1. The molecule has 0 fully saturated rings. The van der Waals surface area contributed by atoms with Crippen molar-refractivity contribution in [1.82, 2.24) is 4.98 Å². The second-order valence-electron chi connectivity index (χ2n) is 6.43. The smallest absolute Gasteiger partial charge is 0.202 e. The number of unbranched alkanes of at least 4 members (excludes halogenated alkanes) is 2. The lowest BCUT2D eigenvalue weighted by Gasteiger charge is -2.01. The molecule has 3 rings (SSSR count). The molecule has 0 saturated carbocycles. The monoisotopic (exact) mass is 349 g/mol. The van der Waals surface area contributed by atoms with E-state index in [1.807, 2.05) is 12.1 Å². The van der Waals surface area contributed by atoms with Crippen molar-refractivity contribution in [2.75, 3.05) is 0 Å². The molecular formula is C22H23NO3. The van der Waals surface area contributed by atoms with Crippen molar-refractivity contribution in [3.63, 3.8) is 0 Å². The van der Waals surface area contributed by atoms with Gasteiger partial charge in [0.2, 0.25) is 5.89 Å². The van der Waals surface area contributed by atoms with Crippen molar-refractivity contribution < 1.29 is 14.3 Å². The van der Waals surface area contributed by atoms with Crippen molar-refractivity contribution in [2.45, 2.75) is 38.5 Å². The van der Waals surface area contributed by atoms with Gasteiger partial charge in [0.25, 0.3) is 0 Å². The molecule has 134 valence electrons. The molecule has 26 heavy (non-hydrogen) atoms. The summed E-state index contributed by atoms with van der Waals surface area (Å²) >= 11 is 0. The van der Waals surface area contributed by atoms with Gasteiger partial charge in [-0.05, 0) is 37.0 Å². The number of phenolic OH excluding ortho intramolecular Hbond substituents is 1. The number of Topliss-reactive ketones (excluding diaryl/α,β-unsaturated/α-hetero) is 1. The van der Waals surface area contributed by atoms with E-state index in [0.29, 0.717) is 18.1 Å². The van der Waals surface area contributed by atoms with Crippen LogP contribution in [0.25, 0.3) is 11.3 Å². The average Bonchev–Trinajstić information content (AvgIpc) is 3.11. The van der Waals surface area contributed by atoms with E-state index in [1.165, 1.54) is 5.56 Å². The molecule has 0 aliphatic heterocycles. The van der Waals surface area contributed by atoms with Gasteiger partial charge < -0.3 is 9.52 Å². The van der Waals surface area contributed by atoms with Gasteiger partial charge in [0.05, 0.1) is 12.6 Å². The number of phenols is 1. The zero-order valence-corrected chi connectivity index (χ0v) is 14.7. The zero-order valence-electron chi connectivity index (χ0n) is 14.7. The Balaban J connectivity index is 1.40. The Morgan fingerprint density at radius 3 is 2.65 bits per heavy atom. The molecule has 4 nitrogen and oxygen atoms in total. The Labute approximate surface area is 153 Å². The molecule has 4 heteroatoms. The fourth-order valence-corrected chi connectivity index (χ4v) is 2.91. The van der Waals surface area contributed by atoms with Crippen LogP contribution in [0.5, 0.6) is 5.75 Å². The summed E-state index contributed by atoms with van der Waals surface area (Å²) in [5.41, 5.74) is 2.09. The zero-order chi connectivity index (χ0) is 18.2. The summed E-state index contributed by atoms with van der Waals surface area (Å²) in [4.78, 5) is 16.3. The maximum absolute atomic E-state index is 12.1. The van der Waals surface area contributed by atoms with Crippen LogP contribution in [-0.4, -0.2) is 15.9 Å². The predicted molar refractivity (Wildman–Crippen MR) is 101 cm³/mol. The molecule has 0 amide bonds. The van der Waals surface area contributed by atoms with Crippen LogP contribution >= 0.6 is 0 Å². The number of hydrogen-bond donors (Lipinski definition) is 1. The summed E-state index contributed by atoms with van der Waals surface area (Å²) in [6.45, 7) is 0. The normalized spacial score (nSPS) is 10.8. The van der Waals surface area contributed by atoms with Crippen molar-refractivity contribution >= 4 is 5.78 Å². The van der Waals surface area contributed by atoms with Crippen molar-refractivity contribution in [1.29, 1.82) is 0 Å². The molecule has 1 aromatic heterocycles. The van der Waals surface area contributed by atoms with E-state index in [4.69, 9.17) is 4.42 Å². The predicted octanol–water partition coefficient (Wildman–Crippen LogP) is 4.96. The van der Waals surface area contributed by atoms with E-state index >= 15 is 0 Å². The summed E-state index contributed by atoms with van der Waals surface area (Å²) in [7, 11) is 0. The van der Waals surface area contributed by atoms with Crippen LogP contribution in [0.3, 0.4) is 0 Å². The fourth-order valence-electron chi connectivity index (χ4n) is 2.91. The first-order chi connectivity index (χ1) is 12.7. The van der Waals surface area contributed by atoms with E-state index in [1.54, 1.807) is 24.4 Å². The molecule has 1 N–H and O–H groups in total. The topological polar surface area (TPSA) is 63.3 Å². The third kappa shape index (κ3) is 5.31. The summed E-state index contributed by atoms with van der Waals surface area (Å²) < 4.78 is 5.64. The Morgan fingerprint density at radius 2 is 1.85 bits per heavy atom. The van der Waals surface area contributed by atoms with Gasteiger partial charge in [-0.3, -0.25) is 4.79 Å². The lowest BCUT2D eigenvalue weighted by atomic mass is 10.0. The fraction of sp³-hybridized carbons (Fsp3) is 0.273. The number of carbonyl (C=O) groups excluding carboxylic acids is 1. The number of aromatic hydroxyl groups is 1. The highest BCUT2D eigenvalue weighted by atomic mass is 16.4. The van der Waals surface area contributed by atoms with Gasteiger partial charge in [-0.1, -0.05) is 48.9 Å². The minimum absolute atomic E-state index is 0.147. The van der Waals surface area contributed by atoms with Crippen molar-refractivity contribution in [3.8, 4) is 17.1 Å². The molecule has 1 heterocycles. The summed E-state index contributed by atoms with van der Waals surface area (Å²) in [5, 5.41) is 9.52. The molecule has 0 aliphatic rings. The minimum atomic E-state index is 0.147. The number of benzene rings is 2. The average molecular weight is 349 g/mol. The van der Waals surface area contributed by atoms with Crippen LogP contribution in [0.15, 0.2) is 65.2 Å². The number of nitrogens with zero attached hydrogens (tertiary/aromatic N) is 1. The number of ketones is 1. The van der Waals surface area contributed by atoms with Gasteiger partial charge in [0, 0.05) is 12.0 Å². The van der Waals surface area contributed by atoms with Crippen LogP contribution in [0.4, 0.5) is 0 Å². The van der Waals surface area contributed by atoms with Gasteiger partial charge in [-0.25, -0.2) is 4.98 Å². The van der Waals surface area contributed by atoms with E-state index in [2.05, 4.69) is 29.2 Å². The molecule has 2 aromatic carbocycles. The Morgan fingerprint density at radius 1 is 1.00 bits per heavy atom. The number of rotatable bonds is 9. The molecule has 0 saturated heterocycles. The Kier molecular flexibility index (Phi) is 6.20. The van der Waals surface area contributed by atoms with E-state index in [9.17, 15) is 9.90 Å². The lowest BCUT2D eigenvalue weighted by molar-refractivity contribution is -0.118. The van der Waals surface area contributed by atoms with E-state index in [0.717, 1.165) is 31.2 Å². The van der Waals surface area contributed by atoms with Crippen LogP contribution in [0, 0.1) is 0 Å². The molecule has 0 unspecified atom stereocenters. The van der Waals surface area contributed by atoms with E-state index in [-0.39, 0.29) is 18.0 Å². The van der Waals surface area contributed by atoms with Gasteiger partial charge in [0.1, 0.15) is 11.5 Å². The first-order valence-electron chi connectivity index (χ1n) is 9.00. The van der Waals surface area contributed by atoms with Gasteiger partial charge in [0.15, 0.2) is 5.76 Å². The number of oxazole rings is 1. The number of aryl methyl sites for hydroxylation is 1. The molecule has 0 radical (unpaired) electrons. The number of hydrogen-bond acceptors (Lipinski definition) is 4. The molecule has 0 spiro atoms. The maximum Gasteiger partial charge on any atom is 0.202 e. The standard InChI is InChI=1S/C22H23NO3/c24-19-13-7-11-18(14-19)21-16-23-22(26-21)15-20(25)12-6-2-5-10-17-8-3-1-4-9-17/h1,3-4,7-9,11,13-14,16,24H,2,5-6,10,12,15H2. The molecule has 0 atom stereocenters. The van der Waals surface area contributed by atoms with Gasteiger partial charge in [-0.15, -0.1) is 0 Å². The highest BCUT2D eigenvalue weighted by Gasteiger charge is 2.11. The minimum Gasteiger partial charge on any atom is -0.508 e. The van der Waals surface area contributed by atoms with Crippen molar-refractivity contribution in [2.24, 2.45) is 0 Å². The SMILES string of the molecule is O=C(CCCCCc1ccccc1)Cc1ncc(-c2cccc(O)c2)o1. The largest absolute Gasteiger partial charge is 0.508 e. The molecular weight excluding hydrogens is 326 g/mol. The first kappa shape index (κ1) is 17.9. The van der Waals surface area contributed by atoms with Gasteiger partial charge in [-0.2, -0.15) is 0 Å². The molecule has 0 bridgehead atoms. The highest BCUT2D eigenvalue weighted by molar-refractivity contribution is 5.80. The molecule has 3 aromatic rings. The summed E-state index contributed by atoms with van der Waals surface area (Å²) in [6, 6.07) is 17.2. The second kappa shape index (κ2) is 8.99. The Bertz CT molecular complexity index is 839. The van der Waals surface area contributed by atoms with E-state index < -0.39 is 0 Å². The number of carbonyl (C=O) groups is 1. The van der Waals surface area contributed by atoms with Crippen molar-refractivity contribution in [3.05, 3.63) is 72.2 Å². The second-order valence-corrected chi connectivity index (χ2v) is 6.43. The van der Waals surface area contributed by atoms with Crippen LogP contribution in [0.1, 0.15) is 37.1 Å². The third-order valence-corrected chi connectivity index (χ3v) is 4.30. The maximum atomic E-state index is 12.1. The van der Waals surface area contributed by atoms with Crippen LogP contribution in [0.2, 0.25) is 0 Å². The summed E-state index contributed by atoms with van der Waals surface area (Å²) in [6.07, 6.45) is 6.46. The first-order valence-corrected chi connectivity index (χ1v) is 9.00. The lowest BCUT2D eigenvalue weighted by Crippen LogP contribution is -2.02.